The van der Waals surface area contributed by atoms with Gasteiger partial charge in [-0.05, 0) is 55.7 Å². The molecule has 1 heterocycles. The van der Waals surface area contributed by atoms with E-state index < -0.39 is 0 Å². The van der Waals surface area contributed by atoms with Crippen LogP contribution in [0.1, 0.15) is 73.4 Å². The van der Waals surface area contributed by atoms with Crippen molar-refractivity contribution in [3.63, 3.8) is 0 Å². The first-order valence-electron chi connectivity index (χ1n) is 12.7. The first kappa shape index (κ1) is 25.3. The fourth-order valence-corrected chi connectivity index (χ4v) is 4.26. The van der Waals surface area contributed by atoms with Crippen LogP contribution in [0.2, 0.25) is 0 Å². The second-order valence-corrected chi connectivity index (χ2v) is 9.13. The minimum Gasteiger partial charge on any atom is -0.367 e. The lowest BCUT2D eigenvalue weighted by Gasteiger charge is -2.24. The maximum absolute atomic E-state index is 13.1. The van der Waals surface area contributed by atoms with E-state index in [0.29, 0.717) is 45.9 Å². The van der Waals surface area contributed by atoms with Gasteiger partial charge in [-0.3, -0.25) is 10.2 Å². The summed E-state index contributed by atoms with van der Waals surface area (Å²) in [6, 6.07) is 12.8. The van der Waals surface area contributed by atoms with Gasteiger partial charge >= 0.3 is 0 Å². The molecule has 1 amide bonds. The number of hydrogen-bond acceptors (Lipinski definition) is 6. The standard InChI is InChI=1S/C28H33FN6O/c1-2-3-17-31-28-32-18-24(26(35-28)33-22-7-5-4-6-8-22)25(30)19-11-15-23(16-12-19)34-27(36)20-9-13-21(29)14-10-20/h9-16,18,22,30H,2-8,17H2,1H3,(H,34,36)(H2,31,32,33,35). The molecule has 7 nitrogen and oxygen atoms in total. The van der Waals surface area contributed by atoms with E-state index in [2.05, 4.69) is 27.9 Å². The van der Waals surface area contributed by atoms with E-state index in [1.165, 1.54) is 43.5 Å². The molecule has 1 fully saturated rings. The van der Waals surface area contributed by atoms with Crippen molar-refractivity contribution in [3.05, 3.63) is 77.2 Å². The van der Waals surface area contributed by atoms with Crippen molar-refractivity contribution >= 4 is 29.1 Å². The van der Waals surface area contributed by atoms with Gasteiger partial charge in [-0.2, -0.15) is 4.98 Å². The van der Waals surface area contributed by atoms with Crippen LogP contribution in [0.4, 0.5) is 21.8 Å². The molecule has 8 heteroatoms. The van der Waals surface area contributed by atoms with Crippen LogP contribution in [-0.4, -0.2) is 34.2 Å². The molecule has 0 radical (unpaired) electrons. The fourth-order valence-electron chi connectivity index (χ4n) is 4.26. The predicted molar refractivity (Wildman–Crippen MR) is 143 cm³/mol. The fraction of sp³-hybridized carbons (Fsp3) is 0.357. The van der Waals surface area contributed by atoms with Crippen molar-refractivity contribution in [1.29, 1.82) is 5.41 Å². The van der Waals surface area contributed by atoms with Crippen LogP contribution in [0.15, 0.2) is 54.7 Å². The minimum atomic E-state index is -0.388. The average molecular weight is 489 g/mol. The molecule has 1 aliphatic rings. The predicted octanol–water partition coefficient (Wildman–Crippen LogP) is 6.24. The van der Waals surface area contributed by atoms with Gasteiger partial charge in [0.2, 0.25) is 5.95 Å². The van der Waals surface area contributed by atoms with Gasteiger partial charge in [0.1, 0.15) is 11.6 Å². The molecule has 1 saturated carbocycles. The van der Waals surface area contributed by atoms with Crippen LogP contribution in [0.3, 0.4) is 0 Å². The Morgan fingerprint density at radius 3 is 2.42 bits per heavy atom. The molecule has 188 valence electrons. The van der Waals surface area contributed by atoms with Gasteiger partial charge < -0.3 is 16.0 Å². The van der Waals surface area contributed by atoms with Gasteiger partial charge in [0, 0.05) is 35.6 Å². The normalized spacial score (nSPS) is 13.7. The summed E-state index contributed by atoms with van der Waals surface area (Å²) >= 11 is 0. The van der Waals surface area contributed by atoms with Crippen LogP contribution >= 0.6 is 0 Å². The molecular weight excluding hydrogens is 455 g/mol. The minimum absolute atomic E-state index is 0.310. The molecule has 1 aromatic heterocycles. The molecule has 0 unspecified atom stereocenters. The lowest BCUT2D eigenvalue weighted by molar-refractivity contribution is 0.102. The summed E-state index contributed by atoms with van der Waals surface area (Å²) in [6.45, 7) is 2.95. The highest BCUT2D eigenvalue weighted by molar-refractivity contribution is 6.13. The summed E-state index contributed by atoms with van der Waals surface area (Å²) in [6.07, 6.45) is 9.68. The zero-order valence-corrected chi connectivity index (χ0v) is 20.6. The SMILES string of the molecule is CCCCNc1ncc(C(=N)c2ccc(NC(=O)c3ccc(F)cc3)cc2)c(NC2CCCCC2)n1. The number of carbonyl (C=O) groups excluding carboxylic acids is 1. The molecule has 3 aromatic rings. The van der Waals surface area contributed by atoms with E-state index in [1.54, 1.807) is 30.5 Å². The summed E-state index contributed by atoms with van der Waals surface area (Å²) in [4.78, 5) is 21.6. The van der Waals surface area contributed by atoms with Crippen molar-refractivity contribution in [2.24, 2.45) is 0 Å². The van der Waals surface area contributed by atoms with Crippen LogP contribution < -0.4 is 16.0 Å². The van der Waals surface area contributed by atoms with Crippen molar-refractivity contribution < 1.29 is 9.18 Å². The molecule has 36 heavy (non-hydrogen) atoms. The first-order chi connectivity index (χ1) is 17.5. The molecule has 0 bridgehead atoms. The Kier molecular flexibility index (Phi) is 8.60. The number of anilines is 3. The summed E-state index contributed by atoms with van der Waals surface area (Å²) in [7, 11) is 0. The largest absolute Gasteiger partial charge is 0.367 e. The number of hydrogen-bond donors (Lipinski definition) is 4. The topological polar surface area (TPSA) is 103 Å². The summed E-state index contributed by atoms with van der Waals surface area (Å²) in [5, 5.41) is 18.5. The van der Waals surface area contributed by atoms with E-state index in [4.69, 9.17) is 10.4 Å². The van der Waals surface area contributed by atoms with E-state index in [1.807, 2.05) is 0 Å². The molecule has 2 aromatic carbocycles. The zero-order valence-electron chi connectivity index (χ0n) is 20.6. The number of aromatic nitrogens is 2. The quantitative estimate of drug-likeness (QED) is 0.200. The molecule has 4 N–H and O–H groups in total. The van der Waals surface area contributed by atoms with Crippen molar-refractivity contribution in [2.45, 2.75) is 57.9 Å². The number of benzene rings is 2. The first-order valence-corrected chi connectivity index (χ1v) is 12.7. The summed E-state index contributed by atoms with van der Waals surface area (Å²) in [5.74, 6) is 0.531. The van der Waals surface area contributed by atoms with E-state index in [9.17, 15) is 9.18 Å². The highest BCUT2D eigenvalue weighted by atomic mass is 19.1. The van der Waals surface area contributed by atoms with Crippen molar-refractivity contribution in [1.82, 2.24) is 9.97 Å². The second-order valence-electron chi connectivity index (χ2n) is 9.13. The van der Waals surface area contributed by atoms with Gasteiger partial charge in [-0.15, -0.1) is 0 Å². The summed E-state index contributed by atoms with van der Waals surface area (Å²) in [5.41, 5.74) is 2.61. The lowest BCUT2D eigenvalue weighted by Crippen LogP contribution is -2.25. The Labute approximate surface area is 211 Å². The van der Waals surface area contributed by atoms with Crippen LogP contribution in [0, 0.1) is 11.2 Å². The Hall–Kier alpha value is -3.81. The Morgan fingerprint density at radius 1 is 1.03 bits per heavy atom. The number of carbonyl (C=O) groups is 1. The van der Waals surface area contributed by atoms with Gasteiger partial charge in [0.25, 0.3) is 5.91 Å². The lowest BCUT2D eigenvalue weighted by atomic mass is 9.95. The van der Waals surface area contributed by atoms with E-state index in [0.717, 1.165) is 32.2 Å². The third-order valence-electron chi connectivity index (χ3n) is 6.36. The van der Waals surface area contributed by atoms with Crippen LogP contribution in [0.5, 0.6) is 0 Å². The number of halogens is 1. The Bertz CT molecular complexity index is 1170. The number of unbranched alkanes of at least 4 members (excludes halogenated alkanes) is 1. The molecule has 1 aliphatic carbocycles. The number of rotatable bonds is 10. The maximum atomic E-state index is 13.1. The Morgan fingerprint density at radius 2 is 1.72 bits per heavy atom. The number of nitrogens with one attached hydrogen (secondary N) is 4. The maximum Gasteiger partial charge on any atom is 0.255 e. The average Bonchev–Trinajstić information content (AvgIpc) is 2.90. The third-order valence-corrected chi connectivity index (χ3v) is 6.36. The molecule has 0 aliphatic heterocycles. The van der Waals surface area contributed by atoms with Crippen LogP contribution in [-0.2, 0) is 0 Å². The highest BCUT2D eigenvalue weighted by Gasteiger charge is 2.19. The summed E-state index contributed by atoms with van der Waals surface area (Å²) < 4.78 is 13.1. The van der Waals surface area contributed by atoms with Gasteiger partial charge in [-0.25, -0.2) is 9.37 Å². The van der Waals surface area contributed by atoms with Gasteiger partial charge in [0.05, 0.1) is 11.3 Å². The molecular formula is C28H33FN6O. The van der Waals surface area contributed by atoms with Crippen molar-refractivity contribution in [2.75, 3.05) is 22.5 Å². The van der Waals surface area contributed by atoms with Gasteiger partial charge in [0.15, 0.2) is 0 Å². The Balaban J connectivity index is 1.50. The highest BCUT2D eigenvalue weighted by Crippen LogP contribution is 2.25. The zero-order chi connectivity index (χ0) is 25.3. The third kappa shape index (κ3) is 6.65. The second kappa shape index (κ2) is 12.2. The van der Waals surface area contributed by atoms with E-state index in [-0.39, 0.29) is 11.7 Å². The smallest absolute Gasteiger partial charge is 0.255 e. The van der Waals surface area contributed by atoms with Crippen LogP contribution in [0.25, 0.3) is 0 Å². The van der Waals surface area contributed by atoms with Gasteiger partial charge in [-0.1, -0.05) is 44.7 Å². The molecule has 0 saturated heterocycles. The monoisotopic (exact) mass is 488 g/mol. The molecule has 0 atom stereocenters. The number of nitrogens with zero attached hydrogens (tertiary/aromatic N) is 2. The molecule has 0 spiro atoms. The number of amides is 1. The molecule has 4 rings (SSSR count). The van der Waals surface area contributed by atoms with Crippen molar-refractivity contribution in [3.8, 4) is 0 Å². The van der Waals surface area contributed by atoms with E-state index >= 15 is 0 Å².